The fraction of sp³-hybridized carbons (Fsp3) is 0.437. The SMILES string of the molecule is CN(C)S(=O)(=O)c1ccc(NC2CCCCC2)c(-c2nnn(C)n2)c1.CNS(=O)(=O)c1ccc(F)c(C#N)c1.CNS(=O)(=O)c1ccc(NC2CCCCC2)c(-c2nn[nH]n2)c1.CNS(=O)(=O)c1ccc(NC2CCCCC2)c(-c2nnn(C)n2)c1.CNS(=O)(=O)c1ccc(NC2CCCCC2)c(C#N)c1.Cl.N.N#Cc1cc(N)ccc1F.N#Cc1cc(S(=O)(=O)Cl)ccc1F.NC1CCCCC1.[N-]=[N+]=[N-].[Na+]. The van der Waals surface area contributed by atoms with Crippen LogP contribution in [0.25, 0.3) is 50.1 Å². The molecule has 5 aliphatic carbocycles. The fourth-order valence-corrected chi connectivity index (χ4v) is 19.5. The number of H-pyrrole nitrogens is 1. The molecule has 55 heteroatoms. The van der Waals surface area contributed by atoms with Gasteiger partial charge >= 0.3 is 29.6 Å². The van der Waals surface area contributed by atoms with Crippen molar-refractivity contribution in [3.05, 3.63) is 183 Å². The smallest absolute Gasteiger partial charge is 0.399 e. The molecule has 0 spiro atoms. The predicted octanol–water partition coefficient (Wildman–Crippen LogP) is 10.4. The molecule has 5 saturated carbocycles. The molecule has 43 nitrogen and oxygen atoms in total. The van der Waals surface area contributed by atoms with Crippen LogP contribution in [0.15, 0.2) is 157 Å². The molecule has 16 N–H and O–H groups in total. The van der Waals surface area contributed by atoms with Gasteiger partial charge in [-0.2, -0.15) is 35.9 Å². The van der Waals surface area contributed by atoms with Gasteiger partial charge in [-0.05, 0) is 235 Å². The molecule has 3 aromatic heterocycles. The summed E-state index contributed by atoms with van der Waals surface area (Å²) >= 11 is 0. The number of nitrogens with two attached hydrogens (primary N) is 2. The van der Waals surface area contributed by atoms with E-state index in [0.717, 1.165) is 111 Å². The molecule has 0 amide bonds. The van der Waals surface area contributed by atoms with Gasteiger partial charge in [0.15, 0.2) is 0 Å². The monoisotopic (exact) mass is 2130 g/mol. The molecule has 0 bridgehead atoms. The molecule has 3 heterocycles. The number of aromatic nitrogens is 12. The first-order valence-corrected chi connectivity index (χ1v) is 53.7. The van der Waals surface area contributed by atoms with Gasteiger partial charge in [-0.3, -0.25) is 4.91 Å². The molecule has 5 aliphatic rings. The van der Waals surface area contributed by atoms with Crippen molar-refractivity contribution in [2.24, 2.45) is 19.8 Å². The van der Waals surface area contributed by atoms with Gasteiger partial charge in [-0.15, -0.1) is 43.0 Å². The van der Waals surface area contributed by atoms with Crippen molar-refractivity contribution in [3.8, 4) is 58.4 Å². The fourth-order valence-electron chi connectivity index (χ4n) is 14.8. The van der Waals surface area contributed by atoms with E-state index < -0.39 is 76.6 Å². The van der Waals surface area contributed by atoms with Crippen LogP contribution in [-0.2, 0) is 73.3 Å². The van der Waals surface area contributed by atoms with Crippen molar-refractivity contribution in [3.63, 3.8) is 0 Å². The standard InChI is InChI=1S/C16H24N6O2S.C15H22N6O2S.C14H20N6O2S.C14H19N3O2S.C8H7FN2O2S.C7H3ClFNO2S.C7H5FN2.C6H13N.ClH.N3.H3N.Na/c1-21(2)25(23,24)13-9-10-15(17-12-7-5-4-6-8-12)14(11-13)16-18-20-22(3)19-16;1-16-24(22,23)12-8-9-14(17-11-6-4-3-5-7-11)13(10-12)15-18-20-21(2)19-15;1-15-23(21,22)11-7-8-13(16-10-5-3-2-4-6-10)12(9-11)14-17-19-20-18-14;1-16-20(18,19)13-7-8-14(11(9-13)10-15)17-12-5-3-2-4-6-12;1-11-14(12,13)7-2-3-8(9)6(4-7)5-10;8-13(11,12)6-1-2-7(9)5(3-6)4-10;8-7-2-1-6(10)3-5(7)4-9;7-6-4-2-1-3-5-6;;1-3-2;;/h9-12,17H,4-8H2,1-3H3;8-11,16-17H,3-7H2,1-2H3;7-10,15-16H,2-6H2,1H3,(H,17,18,19,20);7-9,12,16-17H,2-6H2,1H3;2-4,11H,1H3;1-3H;1-3H,10H2;6H,1-5,7H2;1H;;1H3;/q;;;;;;;;;-1;;+1. The molecule has 764 valence electrons. The summed E-state index contributed by atoms with van der Waals surface area (Å²) in [5.41, 5.74) is 29.7. The first-order chi connectivity index (χ1) is 66.0. The number of benzene rings is 7. The van der Waals surface area contributed by atoms with Gasteiger partial charge in [-0.1, -0.05) is 96.3 Å². The molecule has 5 fully saturated rings. The van der Waals surface area contributed by atoms with Crippen molar-refractivity contribution in [1.29, 1.82) is 21.0 Å². The minimum absolute atomic E-state index is 0. The minimum atomic E-state index is -3.90. The number of halogens is 5. The van der Waals surface area contributed by atoms with Crippen LogP contribution in [0.1, 0.15) is 183 Å². The van der Waals surface area contributed by atoms with Crippen LogP contribution in [0.5, 0.6) is 0 Å². The summed E-state index contributed by atoms with van der Waals surface area (Å²) in [6, 6.07) is 38.2. The summed E-state index contributed by atoms with van der Waals surface area (Å²) in [6.45, 7) is 0. The summed E-state index contributed by atoms with van der Waals surface area (Å²) in [7, 11) is -4.85. The normalized spacial score (nSPS) is 14.6. The maximum Gasteiger partial charge on any atom is 1.00 e. The first kappa shape index (κ1) is 123. The number of hydrogen-bond acceptors (Lipinski definition) is 32. The molecule has 0 atom stereocenters. The number of hydrogen-bond donors (Lipinski definition) is 12. The third kappa shape index (κ3) is 38.2. The van der Waals surface area contributed by atoms with Crippen LogP contribution in [0.2, 0.25) is 0 Å². The molecule has 0 unspecified atom stereocenters. The number of nitrogens with zero attached hydrogens (tertiary/aromatic N) is 19. The zero-order chi connectivity index (χ0) is 102. The number of sulfonamides is 5. The van der Waals surface area contributed by atoms with E-state index in [1.165, 1.54) is 207 Å². The molecule has 0 radical (unpaired) electrons. The van der Waals surface area contributed by atoms with Gasteiger partial charge in [0.1, 0.15) is 41.7 Å². The molecule has 0 saturated heterocycles. The summed E-state index contributed by atoms with van der Waals surface area (Å²) in [4.78, 5) is 4.51. The Morgan fingerprint density at radius 1 is 0.423 bits per heavy atom. The van der Waals surface area contributed by atoms with E-state index in [2.05, 4.69) is 97.7 Å². The van der Waals surface area contributed by atoms with Crippen molar-refractivity contribution >= 4 is 111 Å². The average Bonchev–Trinajstić information content (AvgIpc) is 1.40. The Morgan fingerprint density at radius 2 is 0.704 bits per heavy atom. The second kappa shape index (κ2) is 59.8. The van der Waals surface area contributed by atoms with Gasteiger partial charge in [0, 0.05) is 94.4 Å². The van der Waals surface area contributed by atoms with Crippen LogP contribution in [0.3, 0.4) is 0 Å². The van der Waals surface area contributed by atoms with Crippen molar-refractivity contribution in [2.75, 3.05) is 69.3 Å². The average molecular weight is 2130 g/mol. The van der Waals surface area contributed by atoms with E-state index in [1.54, 1.807) is 86.9 Å². The van der Waals surface area contributed by atoms with Crippen LogP contribution < -0.4 is 87.3 Å². The first-order valence-electron chi connectivity index (χ1n) is 44.0. The van der Waals surface area contributed by atoms with Gasteiger partial charge < -0.3 is 49.9 Å². The van der Waals surface area contributed by atoms with Crippen LogP contribution in [0.4, 0.5) is 41.6 Å². The quantitative estimate of drug-likeness (QED) is 0.00749. The molecular formula is C87H117Cl2F3N31NaO12S6. The largest absolute Gasteiger partial charge is 1.00 e. The maximum absolute atomic E-state index is 12.8. The number of rotatable bonds is 22. The zero-order valence-electron chi connectivity index (χ0n) is 79.8. The van der Waals surface area contributed by atoms with E-state index in [-0.39, 0.29) is 94.2 Å². The molecule has 7 aromatic carbocycles. The number of anilines is 5. The van der Waals surface area contributed by atoms with Crippen molar-refractivity contribution in [2.45, 2.75) is 220 Å². The Kier molecular flexibility index (Phi) is 51.8. The topological polar surface area (TPSA) is 687 Å². The minimum Gasteiger partial charge on any atom is -0.399 e. The van der Waals surface area contributed by atoms with E-state index in [1.807, 2.05) is 0 Å². The maximum atomic E-state index is 12.8. The summed E-state index contributed by atoms with van der Waals surface area (Å²) in [6.07, 6.45) is 30.3. The predicted molar refractivity (Wildman–Crippen MR) is 531 cm³/mol. The number of nitrogen functional groups attached to an aromatic ring is 1. The molecule has 142 heavy (non-hydrogen) atoms. The Labute approximate surface area is 859 Å². The second-order valence-electron chi connectivity index (χ2n) is 32.2. The van der Waals surface area contributed by atoms with E-state index in [0.29, 0.717) is 75.6 Å². The van der Waals surface area contributed by atoms with Gasteiger partial charge in [0.05, 0.1) is 71.4 Å². The van der Waals surface area contributed by atoms with Crippen LogP contribution in [-0.4, -0.2) is 188 Å². The third-order valence-corrected chi connectivity index (χ3v) is 31.1. The van der Waals surface area contributed by atoms with Gasteiger partial charge in [-0.25, -0.2) is 86.9 Å². The number of tetrazole rings is 3. The van der Waals surface area contributed by atoms with E-state index in [9.17, 15) is 68.9 Å². The zero-order valence-corrected chi connectivity index (χ0v) is 88.3. The summed E-state index contributed by atoms with van der Waals surface area (Å²) in [5, 5.41) is 86.5. The molecular weight excluding hydrogens is 2010 g/mol. The summed E-state index contributed by atoms with van der Waals surface area (Å²) < 4.78 is 189. The number of aryl methyl sites for hydroxylation is 2. The van der Waals surface area contributed by atoms with Crippen LogP contribution >= 0.6 is 23.1 Å². The van der Waals surface area contributed by atoms with Crippen LogP contribution in [0, 0.1) is 62.8 Å². The Bertz CT molecular complexity index is 6710. The second-order valence-corrected chi connectivity index (χ2v) is 44.5. The Morgan fingerprint density at radius 3 is 1.00 bits per heavy atom. The molecule has 15 rings (SSSR count). The summed E-state index contributed by atoms with van der Waals surface area (Å²) in [5.74, 6) is -0.845. The van der Waals surface area contributed by atoms with Gasteiger partial charge in [0.25, 0.3) is 9.05 Å². The van der Waals surface area contributed by atoms with E-state index in [4.69, 9.17) is 49.0 Å². The van der Waals surface area contributed by atoms with Crippen molar-refractivity contribution in [1.82, 2.24) is 90.4 Å². The number of aromatic amines is 1. The number of nitrogens with one attached hydrogen (secondary N) is 9. The van der Waals surface area contributed by atoms with Crippen molar-refractivity contribution < 1.29 is 93.2 Å². The number of nitriles is 4. The Hall–Kier alpha value is -11.2. The van der Waals surface area contributed by atoms with Gasteiger partial charge in [0.2, 0.25) is 67.6 Å². The Balaban J connectivity index is 0.000000344. The molecule has 10 aromatic rings. The molecule has 0 aliphatic heterocycles. The van der Waals surface area contributed by atoms with E-state index >= 15 is 0 Å². The third-order valence-electron chi connectivity index (χ3n) is 22.3.